The van der Waals surface area contributed by atoms with Crippen molar-refractivity contribution in [1.82, 2.24) is 9.71 Å². The van der Waals surface area contributed by atoms with Gasteiger partial charge in [0, 0.05) is 5.38 Å². The van der Waals surface area contributed by atoms with Gasteiger partial charge in [-0.25, -0.2) is 18.1 Å². The molecule has 1 N–H and O–H groups in total. The first-order valence-corrected chi connectivity index (χ1v) is 7.85. The largest absolute Gasteiger partial charge is 0.248 e. The molecule has 4 nitrogen and oxygen atoms in total. The molecular formula is C12H14N2O2S2. The van der Waals surface area contributed by atoms with Crippen LogP contribution in [0.25, 0.3) is 0 Å². The fourth-order valence-corrected chi connectivity index (χ4v) is 3.45. The lowest BCUT2D eigenvalue weighted by atomic mass is 10.2. The Hall–Kier alpha value is -1.24. The SMILES string of the molecule is Cc1ccc(C)c(S(=O)(=O)NCc2cscn2)c1. The molecule has 0 aliphatic heterocycles. The first-order valence-electron chi connectivity index (χ1n) is 5.43. The van der Waals surface area contributed by atoms with Crippen molar-refractivity contribution in [3.63, 3.8) is 0 Å². The lowest BCUT2D eigenvalue weighted by Crippen LogP contribution is -2.24. The fraction of sp³-hybridized carbons (Fsp3) is 0.250. The van der Waals surface area contributed by atoms with Crippen molar-refractivity contribution in [2.75, 3.05) is 0 Å². The molecule has 0 amide bonds. The van der Waals surface area contributed by atoms with Crippen molar-refractivity contribution in [2.45, 2.75) is 25.3 Å². The van der Waals surface area contributed by atoms with E-state index in [1.165, 1.54) is 11.3 Å². The third-order valence-electron chi connectivity index (χ3n) is 2.56. The molecule has 0 unspecified atom stereocenters. The predicted octanol–water partition coefficient (Wildman–Crippen LogP) is 2.24. The first-order chi connectivity index (χ1) is 8.49. The van der Waals surface area contributed by atoms with Crippen molar-refractivity contribution < 1.29 is 8.42 Å². The standard InChI is InChI=1S/C12H14N2O2S2/c1-9-3-4-10(2)12(5-9)18(15,16)14-6-11-7-17-8-13-11/h3-5,7-8,14H,6H2,1-2H3. The van der Waals surface area contributed by atoms with E-state index in [-0.39, 0.29) is 6.54 Å². The molecule has 2 aromatic rings. The third-order valence-corrected chi connectivity index (χ3v) is 4.74. The summed E-state index contributed by atoms with van der Waals surface area (Å²) in [7, 11) is -3.47. The number of rotatable bonds is 4. The number of benzene rings is 1. The van der Waals surface area contributed by atoms with Gasteiger partial charge < -0.3 is 0 Å². The number of nitrogens with one attached hydrogen (secondary N) is 1. The van der Waals surface area contributed by atoms with Crippen molar-refractivity contribution in [3.05, 3.63) is 45.9 Å². The molecule has 0 radical (unpaired) electrons. The van der Waals surface area contributed by atoms with Gasteiger partial charge >= 0.3 is 0 Å². The van der Waals surface area contributed by atoms with E-state index in [0.29, 0.717) is 4.90 Å². The molecule has 96 valence electrons. The van der Waals surface area contributed by atoms with Gasteiger partial charge in [0.25, 0.3) is 0 Å². The first kappa shape index (κ1) is 13.2. The average molecular weight is 282 g/mol. The Labute approximate surface area is 111 Å². The second-order valence-corrected chi connectivity index (χ2v) is 6.53. The summed E-state index contributed by atoms with van der Waals surface area (Å²) in [5, 5.41) is 1.83. The van der Waals surface area contributed by atoms with E-state index in [4.69, 9.17) is 0 Å². The second kappa shape index (κ2) is 5.17. The van der Waals surface area contributed by atoms with Gasteiger partial charge in [-0.1, -0.05) is 12.1 Å². The molecule has 0 spiro atoms. The summed E-state index contributed by atoms with van der Waals surface area (Å²) < 4.78 is 26.9. The van der Waals surface area contributed by atoms with Gasteiger partial charge in [0.1, 0.15) is 0 Å². The predicted molar refractivity (Wildman–Crippen MR) is 72.1 cm³/mol. The number of thiazole rings is 1. The number of nitrogens with zero attached hydrogens (tertiary/aromatic N) is 1. The van der Waals surface area contributed by atoms with E-state index in [2.05, 4.69) is 9.71 Å². The molecule has 1 heterocycles. The molecule has 0 saturated heterocycles. The fourth-order valence-electron chi connectivity index (χ4n) is 1.57. The van der Waals surface area contributed by atoms with E-state index < -0.39 is 10.0 Å². The molecule has 0 saturated carbocycles. The minimum absolute atomic E-state index is 0.221. The van der Waals surface area contributed by atoms with Gasteiger partial charge in [-0.2, -0.15) is 0 Å². The monoisotopic (exact) mass is 282 g/mol. The Morgan fingerprint density at radius 2 is 2.11 bits per heavy atom. The van der Waals surface area contributed by atoms with E-state index in [1.54, 1.807) is 18.5 Å². The van der Waals surface area contributed by atoms with E-state index in [0.717, 1.165) is 16.8 Å². The van der Waals surface area contributed by atoms with Crippen LogP contribution in [-0.4, -0.2) is 13.4 Å². The zero-order chi connectivity index (χ0) is 13.2. The minimum atomic E-state index is -3.47. The highest BCUT2D eigenvalue weighted by Crippen LogP contribution is 2.16. The maximum absolute atomic E-state index is 12.2. The summed E-state index contributed by atoms with van der Waals surface area (Å²) in [6, 6.07) is 5.39. The Morgan fingerprint density at radius 3 is 2.78 bits per heavy atom. The van der Waals surface area contributed by atoms with Gasteiger partial charge in [0.15, 0.2) is 0 Å². The van der Waals surface area contributed by atoms with Gasteiger partial charge in [-0.15, -0.1) is 11.3 Å². The minimum Gasteiger partial charge on any atom is -0.248 e. The van der Waals surface area contributed by atoms with Crippen LogP contribution in [0.4, 0.5) is 0 Å². The number of hydrogen-bond acceptors (Lipinski definition) is 4. The van der Waals surface area contributed by atoms with Crippen LogP contribution in [-0.2, 0) is 16.6 Å². The lowest BCUT2D eigenvalue weighted by molar-refractivity contribution is 0.580. The smallest absolute Gasteiger partial charge is 0.241 e. The number of aromatic nitrogens is 1. The number of hydrogen-bond donors (Lipinski definition) is 1. The quantitative estimate of drug-likeness (QED) is 0.935. The summed E-state index contributed by atoms with van der Waals surface area (Å²) in [5.41, 5.74) is 4.08. The molecule has 2 rings (SSSR count). The highest BCUT2D eigenvalue weighted by atomic mass is 32.2. The van der Waals surface area contributed by atoms with Crippen molar-refractivity contribution in [1.29, 1.82) is 0 Å². The molecular weight excluding hydrogens is 268 g/mol. The van der Waals surface area contributed by atoms with Crippen LogP contribution in [0.3, 0.4) is 0 Å². The molecule has 1 aromatic carbocycles. The highest BCUT2D eigenvalue weighted by molar-refractivity contribution is 7.89. The van der Waals surface area contributed by atoms with Gasteiger partial charge in [-0.05, 0) is 31.0 Å². The van der Waals surface area contributed by atoms with Crippen LogP contribution in [0.1, 0.15) is 16.8 Å². The van der Waals surface area contributed by atoms with Crippen LogP contribution in [0.15, 0.2) is 34.0 Å². The number of sulfonamides is 1. The Bertz CT molecular complexity index is 634. The van der Waals surface area contributed by atoms with Crippen LogP contribution < -0.4 is 4.72 Å². The Morgan fingerprint density at radius 1 is 1.33 bits per heavy atom. The van der Waals surface area contributed by atoms with Crippen LogP contribution in [0.5, 0.6) is 0 Å². The third kappa shape index (κ3) is 2.95. The molecule has 0 bridgehead atoms. The average Bonchev–Trinajstić information content (AvgIpc) is 2.83. The molecule has 0 aliphatic rings. The van der Waals surface area contributed by atoms with E-state index in [9.17, 15) is 8.42 Å². The molecule has 18 heavy (non-hydrogen) atoms. The van der Waals surface area contributed by atoms with Gasteiger partial charge in [0.2, 0.25) is 10.0 Å². The molecule has 0 atom stereocenters. The lowest BCUT2D eigenvalue weighted by Gasteiger charge is -2.09. The van der Waals surface area contributed by atoms with E-state index in [1.807, 2.05) is 24.4 Å². The second-order valence-electron chi connectivity index (χ2n) is 4.07. The highest BCUT2D eigenvalue weighted by Gasteiger charge is 2.16. The topological polar surface area (TPSA) is 59.1 Å². The molecule has 1 aromatic heterocycles. The molecule has 0 aliphatic carbocycles. The van der Waals surface area contributed by atoms with Crippen molar-refractivity contribution in [3.8, 4) is 0 Å². The summed E-state index contributed by atoms with van der Waals surface area (Å²) in [4.78, 5) is 4.38. The van der Waals surface area contributed by atoms with Crippen molar-refractivity contribution in [2.24, 2.45) is 0 Å². The van der Waals surface area contributed by atoms with Crippen LogP contribution >= 0.6 is 11.3 Å². The summed E-state index contributed by atoms with van der Waals surface area (Å²) in [5.74, 6) is 0. The molecule has 6 heteroatoms. The normalized spacial score (nSPS) is 11.7. The van der Waals surface area contributed by atoms with Crippen LogP contribution in [0.2, 0.25) is 0 Å². The van der Waals surface area contributed by atoms with Gasteiger partial charge in [-0.3, -0.25) is 0 Å². The summed E-state index contributed by atoms with van der Waals surface area (Å²) in [6.45, 7) is 3.88. The maximum Gasteiger partial charge on any atom is 0.241 e. The van der Waals surface area contributed by atoms with Crippen LogP contribution in [0, 0.1) is 13.8 Å². The summed E-state index contributed by atoms with van der Waals surface area (Å²) in [6.07, 6.45) is 0. The maximum atomic E-state index is 12.2. The number of aryl methyl sites for hydroxylation is 2. The van der Waals surface area contributed by atoms with Crippen molar-refractivity contribution >= 4 is 21.4 Å². The Balaban J connectivity index is 2.22. The molecule has 0 fully saturated rings. The van der Waals surface area contributed by atoms with Gasteiger partial charge in [0.05, 0.1) is 22.6 Å². The zero-order valence-electron chi connectivity index (χ0n) is 10.2. The summed E-state index contributed by atoms with van der Waals surface area (Å²) >= 11 is 1.45. The van der Waals surface area contributed by atoms with E-state index >= 15 is 0 Å². The Kier molecular flexibility index (Phi) is 3.79. The zero-order valence-corrected chi connectivity index (χ0v) is 11.8.